The summed E-state index contributed by atoms with van der Waals surface area (Å²) in [6.07, 6.45) is 4.73. The maximum atomic E-state index is 12.1. The number of carbonyl (C=O) groups excluding carboxylic acids is 1. The van der Waals surface area contributed by atoms with E-state index in [1.807, 2.05) is 24.3 Å². The molecule has 0 bridgehead atoms. The number of hydrogen-bond acceptors (Lipinski definition) is 5. The molecule has 6 heteroatoms. The highest BCUT2D eigenvalue weighted by atomic mass is 32.2. The van der Waals surface area contributed by atoms with Crippen molar-refractivity contribution in [3.8, 4) is 5.75 Å². The number of ether oxygens (including phenoxy) is 1. The smallest absolute Gasteiger partial charge is 0.226 e. The zero-order valence-corrected chi connectivity index (χ0v) is 16.3. The van der Waals surface area contributed by atoms with Crippen molar-refractivity contribution in [3.05, 3.63) is 34.8 Å². The van der Waals surface area contributed by atoms with Crippen molar-refractivity contribution in [1.29, 1.82) is 0 Å². The minimum atomic E-state index is 0.0643. The van der Waals surface area contributed by atoms with E-state index in [1.54, 1.807) is 30.2 Å². The summed E-state index contributed by atoms with van der Waals surface area (Å²) in [6.45, 7) is 2.28. The van der Waals surface area contributed by atoms with Gasteiger partial charge >= 0.3 is 0 Å². The van der Waals surface area contributed by atoms with Crippen LogP contribution in [0.25, 0.3) is 0 Å². The van der Waals surface area contributed by atoms with Crippen molar-refractivity contribution in [2.75, 3.05) is 18.2 Å². The summed E-state index contributed by atoms with van der Waals surface area (Å²) in [4.78, 5) is 19.2. The van der Waals surface area contributed by atoms with Crippen LogP contribution in [-0.4, -0.2) is 23.8 Å². The number of fused-ring (bicyclic) bond motifs is 1. The average molecular weight is 377 g/mol. The topological polar surface area (TPSA) is 51.2 Å². The van der Waals surface area contributed by atoms with Gasteiger partial charge in [0.1, 0.15) is 5.75 Å². The average Bonchev–Trinajstić information content (AvgIpc) is 3.00. The Bertz CT molecular complexity index is 713. The third-order valence-electron chi connectivity index (χ3n) is 4.31. The van der Waals surface area contributed by atoms with E-state index < -0.39 is 0 Å². The van der Waals surface area contributed by atoms with Crippen LogP contribution in [0.2, 0.25) is 0 Å². The molecule has 1 aromatic heterocycles. The number of aromatic nitrogens is 1. The van der Waals surface area contributed by atoms with Crippen LogP contribution in [0.15, 0.2) is 29.2 Å². The van der Waals surface area contributed by atoms with Gasteiger partial charge in [0.2, 0.25) is 5.91 Å². The quantitative estimate of drug-likeness (QED) is 0.558. The second-order valence-corrected chi connectivity index (χ2v) is 8.66. The molecule has 1 N–H and O–H groups in total. The van der Waals surface area contributed by atoms with Gasteiger partial charge in [-0.1, -0.05) is 6.92 Å². The predicted octanol–water partition coefficient (Wildman–Crippen LogP) is 4.79. The number of hydrogen-bond donors (Lipinski definition) is 1. The monoisotopic (exact) mass is 376 g/mol. The number of thioether (sulfide) groups is 1. The van der Waals surface area contributed by atoms with Crippen molar-refractivity contribution in [3.63, 3.8) is 0 Å². The Kier molecular flexibility index (Phi) is 6.37. The lowest BCUT2D eigenvalue weighted by atomic mass is 9.93. The number of carbonyl (C=O) groups is 1. The third-order valence-corrected chi connectivity index (χ3v) is 6.44. The van der Waals surface area contributed by atoms with E-state index in [1.165, 1.54) is 21.9 Å². The Hall–Kier alpha value is -1.53. The molecule has 2 aromatic rings. The van der Waals surface area contributed by atoms with Crippen molar-refractivity contribution >= 4 is 34.1 Å². The maximum Gasteiger partial charge on any atom is 0.226 e. The predicted molar refractivity (Wildman–Crippen MR) is 105 cm³/mol. The maximum absolute atomic E-state index is 12.1. The number of amides is 1. The molecule has 0 spiro atoms. The first-order chi connectivity index (χ1) is 12.1. The van der Waals surface area contributed by atoms with Gasteiger partial charge in [0.25, 0.3) is 0 Å². The molecular weight excluding hydrogens is 352 g/mol. The van der Waals surface area contributed by atoms with Crippen LogP contribution in [0.1, 0.15) is 36.8 Å². The zero-order valence-electron chi connectivity index (χ0n) is 14.7. The molecule has 1 aliphatic carbocycles. The molecule has 0 fully saturated rings. The first-order valence-electron chi connectivity index (χ1n) is 8.69. The van der Waals surface area contributed by atoms with E-state index in [0.29, 0.717) is 6.42 Å². The fourth-order valence-electron chi connectivity index (χ4n) is 2.87. The number of nitrogens with zero attached hydrogens (tertiary/aromatic N) is 1. The van der Waals surface area contributed by atoms with Crippen molar-refractivity contribution in [2.45, 2.75) is 43.9 Å². The summed E-state index contributed by atoms with van der Waals surface area (Å²) in [5.41, 5.74) is 1.19. The minimum absolute atomic E-state index is 0.0643. The number of nitrogens with one attached hydrogen (secondary N) is 1. The Labute approximate surface area is 157 Å². The molecule has 1 atom stereocenters. The van der Waals surface area contributed by atoms with Crippen LogP contribution in [0.4, 0.5) is 5.13 Å². The first-order valence-corrected chi connectivity index (χ1v) is 10.5. The van der Waals surface area contributed by atoms with Crippen LogP contribution in [0.5, 0.6) is 5.75 Å². The van der Waals surface area contributed by atoms with Gasteiger partial charge < -0.3 is 10.1 Å². The van der Waals surface area contributed by atoms with E-state index >= 15 is 0 Å². The van der Waals surface area contributed by atoms with Crippen molar-refractivity contribution in [2.24, 2.45) is 5.92 Å². The third kappa shape index (κ3) is 5.22. The standard InChI is InChI=1S/C19H24N2O2S2/c1-13-5-10-16-17(12-13)25-19(20-16)21-18(22)4-3-11-24-15-8-6-14(23-2)7-9-15/h6-9,13H,3-5,10-12H2,1-2H3,(H,20,21,22). The van der Waals surface area contributed by atoms with Crippen molar-refractivity contribution < 1.29 is 9.53 Å². The summed E-state index contributed by atoms with van der Waals surface area (Å²) >= 11 is 3.41. The van der Waals surface area contributed by atoms with E-state index in [0.717, 1.165) is 41.8 Å². The fraction of sp³-hybridized carbons (Fsp3) is 0.474. The fourth-order valence-corrected chi connectivity index (χ4v) is 4.91. The lowest BCUT2D eigenvalue weighted by molar-refractivity contribution is -0.116. The molecule has 0 saturated carbocycles. The van der Waals surface area contributed by atoms with Crippen LogP contribution in [-0.2, 0) is 17.6 Å². The van der Waals surface area contributed by atoms with Crippen LogP contribution < -0.4 is 10.1 Å². The number of rotatable bonds is 7. The lowest BCUT2D eigenvalue weighted by Gasteiger charge is -2.15. The van der Waals surface area contributed by atoms with Gasteiger partial charge in [0.05, 0.1) is 12.8 Å². The first kappa shape index (κ1) is 18.3. The molecule has 3 rings (SSSR count). The Morgan fingerprint density at radius 3 is 2.96 bits per heavy atom. The van der Waals surface area contributed by atoms with E-state index in [2.05, 4.69) is 17.2 Å². The van der Waals surface area contributed by atoms with Crippen LogP contribution in [0, 0.1) is 5.92 Å². The molecule has 0 aliphatic heterocycles. The summed E-state index contributed by atoms with van der Waals surface area (Å²) in [7, 11) is 1.67. The van der Waals surface area contributed by atoms with Gasteiger partial charge in [0, 0.05) is 16.2 Å². The Morgan fingerprint density at radius 2 is 2.20 bits per heavy atom. The van der Waals surface area contributed by atoms with Gasteiger partial charge in [-0.15, -0.1) is 23.1 Å². The molecule has 0 saturated heterocycles. The highest BCUT2D eigenvalue weighted by Crippen LogP contribution is 2.32. The number of methoxy groups -OCH3 is 1. The van der Waals surface area contributed by atoms with Crippen molar-refractivity contribution in [1.82, 2.24) is 4.98 Å². The number of thiazole rings is 1. The molecule has 1 aliphatic rings. The Morgan fingerprint density at radius 1 is 1.40 bits per heavy atom. The lowest BCUT2D eigenvalue weighted by Crippen LogP contribution is -2.11. The van der Waals surface area contributed by atoms with Gasteiger partial charge in [-0.2, -0.15) is 0 Å². The molecule has 1 aromatic carbocycles. The molecule has 4 nitrogen and oxygen atoms in total. The summed E-state index contributed by atoms with van der Waals surface area (Å²) in [5, 5.41) is 3.74. The molecule has 1 unspecified atom stereocenters. The van der Waals surface area contributed by atoms with Crippen LogP contribution in [0.3, 0.4) is 0 Å². The molecule has 1 amide bonds. The number of aryl methyl sites for hydroxylation is 1. The molecular formula is C19H24N2O2S2. The molecule has 0 radical (unpaired) electrons. The van der Waals surface area contributed by atoms with E-state index in [4.69, 9.17) is 4.74 Å². The Balaban J connectivity index is 1.39. The molecule has 1 heterocycles. The zero-order chi connectivity index (χ0) is 17.6. The summed E-state index contributed by atoms with van der Waals surface area (Å²) in [6, 6.07) is 8.01. The second kappa shape index (κ2) is 8.72. The largest absolute Gasteiger partial charge is 0.497 e. The van der Waals surface area contributed by atoms with Gasteiger partial charge in [-0.3, -0.25) is 4.79 Å². The highest BCUT2D eigenvalue weighted by Gasteiger charge is 2.20. The van der Waals surface area contributed by atoms with Gasteiger partial charge in [-0.25, -0.2) is 4.98 Å². The second-order valence-electron chi connectivity index (χ2n) is 6.41. The summed E-state index contributed by atoms with van der Waals surface area (Å²) in [5.74, 6) is 2.58. The SMILES string of the molecule is COc1ccc(SCCCC(=O)Nc2nc3c(s2)CC(C)CC3)cc1. The van der Waals surface area contributed by atoms with Gasteiger partial charge in [0.15, 0.2) is 5.13 Å². The highest BCUT2D eigenvalue weighted by molar-refractivity contribution is 7.99. The van der Waals surface area contributed by atoms with Crippen LogP contribution >= 0.6 is 23.1 Å². The number of benzene rings is 1. The van der Waals surface area contributed by atoms with Gasteiger partial charge in [-0.05, 0) is 61.6 Å². The summed E-state index contributed by atoms with van der Waals surface area (Å²) < 4.78 is 5.15. The molecule has 134 valence electrons. The van der Waals surface area contributed by atoms with E-state index in [-0.39, 0.29) is 5.91 Å². The minimum Gasteiger partial charge on any atom is -0.497 e. The normalized spacial score (nSPS) is 16.3. The number of anilines is 1. The molecule has 25 heavy (non-hydrogen) atoms. The van der Waals surface area contributed by atoms with E-state index in [9.17, 15) is 4.79 Å².